The zero-order chi connectivity index (χ0) is 14.8. The molecule has 0 unspecified atom stereocenters. The van der Waals surface area contributed by atoms with Gasteiger partial charge in [-0.25, -0.2) is 0 Å². The van der Waals surface area contributed by atoms with E-state index < -0.39 is 0 Å². The third kappa shape index (κ3) is 2.79. The second kappa shape index (κ2) is 5.87. The smallest absolute Gasteiger partial charge is 0.0301 e. The van der Waals surface area contributed by atoms with Crippen LogP contribution in [0, 0.1) is 5.92 Å². The van der Waals surface area contributed by atoms with Gasteiger partial charge in [0, 0.05) is 6.04 Å². The highest BCUT2D eigenvalue weighted by molar-refractivity contribution is 6.09. The van der Waals surface area contributed by atoms with Gasteiger partial charge in [0.1, 0.15) is 0 Å². The van der Waals surface area contributed by atoms with Gasteiger partial charge in [0.05, 0.1) is 0 Å². The highest BCUT2D eigenvalue weighted by atomic mass is 14.6. The van der Waals surface area contributed by atoms with Crippen LogP contribution >= 0.6 is 0 Å². The predicted octanol–water partition coefficient (Wildman–Crippen LogP) is 5.43. The Balaban J connectivity index is 2.16. The van der Waals surface area contributed by atoms with Gasteiger partial charge in [-0.3, -0.25) is 0 Å². The van der Waals surface area contributed by atoms with Crippen molar-refractivity contribution in [3.63, 3.8) is 0 Å². The zero-order valence-corrected chi connectivity index (χ0v) is 12.8. The number of hydrogen-bond donors (Lipinski definition) is 1. The lowest BCUT2D eigenvalue weighted by molar-refractivity contribution is 0.509. The Bertz CT molecular complexity index is 758. The van der Waals surface area contributed by atoms with Gasteiger partial charge >= 0.3 is 0 Å². The van der Waals surface area contributed by atoms with Crippen molar-refractivity contribution in [2.75, 3.05) is 0 Å². The second-order valence-electron chi connectivity index (χ2n) is 6.31. The molecule has 0 amide bonds. The van der Waals surface area contributed by atoms with Crippen LogP contribution in [0.15, 0.2) is 54.6 Å². The van der Waals surface area contributed by atoms with E-state index in [1.54, 1.807) is 0 Å². The quantitative estimate of drug-likeness (QED) is 0.632. The predicted molar refractivity (Wildman–Crippen MR) is 92.5 cm³/mol. The summed E-state index contributed by atoms with van der Waals surface area (Å²) in [5, 5.41) is 5.21. The molecule has 0 aromatic heterocycles. The first-order valence-corrected chi connectivity index (χ1v) is 7.83. The molecule has 0 bridgehead atoms. The molecule has 1 nitrogen and oxygen atoms in total. The van der Waals surface area contributed by atoms with Gasteiger partial charge in [-0.1, -0.05) is 62.4 Å². The molecule has 108 valence electrons. The minimum absolute atomic E-state index is 0.113. The summed E-state index contributed by atoms with van der Waals surface area (Å²) in [5.41, 5.74) is 7.78. The molecule has 0 heterocycles. The van der Waals surface area contributed by atoms with E-state index in [0.29, 0.717) is 5.92 Å². The topological polar surface area (TPSA) is 26.0 Å². The van der Waals surface area contributed by atoms with Gasteiger partial charge in [0.15, 0.2) is 0 Å². The molecule has 2 N–H and O–H groups in total. The van der Waals surface area contributed by atoms with E-state index in [1.807, 2.05) is 0 Å². The lowest BCUT2D eigenvalue weighted by Crippen LogP contribution is -2.11. The van der Waals surface area contributed by atoms with Gasteiger partial charge in [0.2, 0.25) is 0 Å². The van der Waals surface area contributed by atoms with E-state index in [0.717, 1.165) is 6.42 Å². The first-order valence-electron chi connectivity index (χ1n) is 7.83. The fourth-order valence-electron chi connectivity index (χ4n) is 3.06. The lowest BCUT2D eigenvalue weighted by atomic mass is 9.91. The molecule has 21 heavy (non-hydrogen) atoms. The normalized spacial score (nSPS) is 13.1. The number of fused-ring (bicyclic) bond motifs is 3. The molecule has 0 fully saturated rings. The average Bonchev–Trinajstić information content (AvgIpc) is 2.51. The molecular weight excluding hydrogens is 254 g/mol. The van der Waals surface area contributed by atoms with Crippen LogP contribution in [0.4, 0.5) is 0 Å². The van der Waals surface area contributed by atoms with Gasteiger partial charge in [-0.05, 0) is 51.9 Å². The Morgan fingerprint density at radius 2 is 1.43 bits per heavy atom. The highest BCUT2D eigenvalue weighted by Gasteiger charge is 2.13. The Morgan fingerprint density at radius 3 is 2.14 bits per heavy atom. The monoisotopic (exact) mass is 277 g/mol. The maximum atomic E-state index is 6.50. The maximum absolute atomic E-state index is 6.50. The minimum Gasteiger partial charge on any atom is -0.324 e. The average molecular weight is 277 g/mol. The van der Waals surface area contributed by atoms with E-state index in [1.165, 1.54) is 33.5 Å². The van der Waals surface area contributed by atoms with Crippen LogP contribution in [0.3, 0.4) is 0 Å². The van der Waals surface area contributed by atoms with E-state index >= 15 is 0 Å². The summed E-state index contributed by atoms with van der Waals surface area (Å²) in [6.45, 7) is 4.51. The molecule has 0 saturated heterocycles. The number of rotatable bonds is 4. The number of nitrogens with two attached hydrogens (primary N) is 1. The van der Waals surface area contributed by atoms with Crippen molar-refractivity contribution in [3.05, 3.63) is 60.2 Å². The van der Waals surface area contributed by atoms with Crippen molar-refractivity contribution in [2.24, 2.45) is 11.7 Å². The van der Waals surface area contributed by atoms with Crippen molar-refractivity contribution in [1.29, 1.82) is 0 Å². The van der Waals surface area contributed by atoms with E-state index in [2.05, 4.69) is 68.4 Å². The number of benzene rings is 3. The molecule has 0 saturated carbocycles. The lowest BCUT2D eigenvalue weighted by Gasteiger charge is -2.17. The van der Waals surface area contributed by atoms with Crippen LogP contribution < -0.4 is 5.73 Å². The van der Waals surface area contributed by atoms with Gasteiger partial charge < -0.3 is 5.73 Å². The summed E-state index contributed by atoms with van der Waals surface area (Å²) in [6, 6.07) is 19.6. The van der Waals surface area contributed by atoms with Gasteiger partial charge in [0.25, 0.3) is 0 Å². The minimum atomic E-state index is 0.113. The van der Waals surface area contributed by atoms with E-state index in [9.17, 15) is 0 Å². The van der Waals surface area contributed by atoms with Crippen LogP contribution in [-0.4, -0.2) is 0 Å². The third-order valence-corrected chi connectivity index (χ3v) is 4.25. The molecule has 3 rings (SSSR count). The van der Waals surface area contributed by atoms with Crippen molar-refractivity contribution < 1.29 is 0 Å². The first-order chi connectivity index (χ1) is 10.2. The second-order valence-corrected chi connectivity index (χ2v) is 6.31. The Hall–Kier alpha value is -1.86. The summed E-state index contributed by atoms with van der Waals surface area (Å²) in [4.78, 5) is 0. The maximum Gasteiger partial charge on any atom is 0.0301 e. The van der Waals surface area contributed by atoms with Gasteiger partial charge in [-0.2, -0.15) is 0 Å². The van der Waals surface area contributed by atoms with Crippen LogP contribution in [0.25, 0.3) is 21.5 Å². The largest absolute Gasteiger partial charge is 0.324 e. The molecule has 3 aromatic carbocycles. The van der Waals surface area contributed by atoms with Gasteiger partial charge in [-0.15, -0.1) is 0 Å². The van der Waals surface area contributed by atoms with Crippen LogP contribution in [0.1, 0.15) is 38.3 Å². The zero-order valence-electron chi connectivity index (χ0n) is 12.8. The summed E-state index contributed by atoms with van der Waals surface area (Å²) in [6.07, 6.45) is 2.21. The van der Waals surface area contributed by atoms with Crippen LogP contribution in [-0.2, 0) is 0 Å². The van der Waals surface area contributed by atoms with Crippen molar-refractivity contribution >= 4 is 21.5 Å². The van der Waals surface area contributed by atoms with Crippen LogP contribution in [0.2, 0.25) is 0 Å². The Labute approximate surface area is 126 Å². The summed E-state index contributed by atoms with van der Waals surface area (Å²) in [5.74, 6) is 0.697. The standard InChI is InChI=1S/C20H23N/c1-14(2)11-12-20(21)19-13-15-7-3-4-8-16(15)17-9-5-6-10-18(17)19/h3-10,13-14,20H,11-12,21H2,1-2H3/t20-/m0/s1. The molecule has 0 spiro atoms. The number of hydrogen-bond acceptors (Lipinski definition) is 1. The molecular formula is C20H23N. The molecule has 1 atom stereocenters. The van der Waals surface area contributed by atoms with Crippen molar-refractivity contribution in [3.8, 4) is 0 Å². The molecule has 3 aromatic rings. The van der Waals surface area contributed by atoms with Crippen molar-refractivity contribution in [1.82, 2.24) is 0 Å². The van der Waals surface area contributed by atoms with E-state index in [4.69, 9.17) is 5.73 Å². The highest BCUT2D eigenvalue weighted by Crippen LogP contribution is 2.32. The molecule has 0 aliphatic heterocycles. The molecule has 0 aliphatic carbocycles. The summed E-state index contributed by atoms with van der Waals surface area (Å²) < 4.78 is 0. The van der Waals surface area contributed by atoms with Crippen LogP contribution in [0.5, 0.6) is 0 Å². The molecule has 0 radical (unpaired) electrons. The SMILES string of the molecule is CC(C)CC[C@H](N)c1cc2ccccc2c2ccccc12. The summed E-state index contributed by atoms with van der Waals surface area (Å²) in [7, 11) is 0. The molecule has 0 aliphatic rings. The fraction of sp³-hybridized carbons (Fsp3) is 0.300. The first kappa shape index (κ1) is 14.1. The Morgan fingerprint density at radius 1 is 0.810 bits per heavy atom. The Kier molecular flexibility index (Phi) is 3.94. The van der Waals surface area contributed by atoms with E-state index in [-0.39, 0.29) is 6.04 Å². The third-order valence-electron chi connectivity index (χ3n) is 4.25. The molecule has 1 heteroatoms. The van der Waals surface area contributed by atoms with Crippen molar-refractivity contribution in [2.45, 2.75) is 32.7 Å². The fourth-order valence-corrected chi connectivity index (χ4v) is 3.06. The summed E-state index contributed by atoms with van der Waals surface area (Å²) >= 11 is 0.